The van der Waals surface area contributed by atoms with Gasteiger partial charge in [-0.2, -0.15) is 10.1 Å². The van der Waals surface area contributed by atoms with Crippen LogP contribution in [0.2, 0.25) is 5.02 Å². The van der Waals surface area contributed by atoms with Crippen molar-refractivity contribution in [3.05, 3.63) is 28.2 Å². The molecular formula is C11H15ClN6. The molecule has 96 valence electrons. The number of anilines is 1. The maximum Gasteiger partial charge on any atom is 0.239 e. The zero-order valence-corrected chi connectivity index (χ0v) is 11.3. The van der Waals surface area contributed by atoms with Crippen molar-refractivity contribution in [2.75, 3.05) is 5.43 Å². The molecule has 0 saturated heterocycles. The third kappa shape index (κ3) is 2.04. The highest BCUT2D eigenvalue weighted by molar-refractivity contribution is 6.32. The van der Waals surface area contributed by atoms with Gasteiger partial charge in [-0.15, -0.1) is 0 Å². The normalized spacial score (nSPS) is 10.7. The van der Waals surface area contributed by atoms with Gasteiger partial charge in [-0.3, -0.25) is 5.43 Å². The van der Waals surface area contributed by atoms with Crippen molar-refractivity contribution in [2.45, 2.75) is 27.2 Å². The van der Waals surface area contributed by atoms with Crippen LogP contribution in [-0.2, 0) is 6.42 Å². The van der Waals surface area contributed by atoms with Crippen molar-refractivity contribution in [1.82, 2.24) is 19.7 Å². The molecule has 0 spiro atoms. The second kappa shape index (κ2) is 4.91. The van der Waals surface area contributed by atoms with Crippen molar-refractivity contribution in [3.8, 4) is 5.82 Å². The minimum Gasteiger partial charge on any atom is -0.292 e. The lowest BCUT2D eigenvalue weighted by Crippen LogP contribution is -2.13. The predicted octanol–water partition coefficient (Wildman–Crippen LogP) is 1.78. The fourth-order valence-corrected chi connectivity index (χ4v) is 2.14. The molecule has 0 atom stereocenters. The van der Waals surface area contributed by atoms with Crippen molar-refractivity contribution in [3.63, 3.8) is 0 Å². The van der Waals surface area contributed by atoms with Gasteiger partial charge in [-0.25, -0.2) is 15.5 Å². The molecule has 0 saturated carbocycles. The van der Waals surface area contributed by atoms with E-state index in [1.807, 2.05) is 13.8 Å². The topological polar surface area (TPSA) is 81.7 Å². The summed E-state index contributed by atoms with van der Waals surface area (Å²) >= 11 is 6.11. The molecule has 0 aliphatic heterocycles. The molecule has 2 aromatic rings. The Morgan fingerprint density at radius 2 is 2.17 bits per heavy atom. The molecule has 0 fully saturated rings. The lowest BCUT2D eigenvalue weighted by Gasteiger charge is -2.07. The first-order chi connectivity index (χ1) is 8.58. The zero-order chi connectivity index (χ0) is 13.3. The van der Waals surface area contributed by atoms with Gasteiger partial charge in [0.05, 0.1) is 11.9 Å². The number of rotatable bonds is 3. The highest BCUT2D eigenvalue weighted by atomic mass is 35.5. The lowest BCUT2D eigenvalue weighted by atomic mass is 10.1. The highest BCUT2D eigenvalue weighted by Crippen LogP contribution is 2.22. The largest absolute Gasteiger partial charge is 0.292 e. The van der Waals surface area contributed by atoms with E-state index in [0.29, 0.717) is 16.8 Å². The molecule has 0 aliphatic rings. The molecular weight excluding hydrogens is 252 g/mol. The Hall–Kier alpha value is -1.66. The maximum atomic E-state index is 6.11. The summed E-state index contributed by atoms with van der Waals surface area (Å²) in [4.78, 5) is 8.17. The van der Waals surface area contributed by atoms with Crippen molar-refractivity contribution < 1.29 is 0 Å². The first kappa shape index (κ1) is 12.8. The van der Waals surface area contributed by atoms with Gasteiger partial charge in [0.2, 0.25) is 5.95 Å². The quantitative estimate of drug-likeness (QED) is 0.654. The first-order valence-electron chi connectivity index (χ1n) is 5.63. The van der Waals surface area contributed by atoms with E-state index in [1.54, 1.807) is 4.68 Å². The molecule has 0 bridgehead atoms. The van der Waals surface area contributed by atoms with E-state index in [4.69, 9.17) is 17.4 Å². The second-order valence-electron chi connectivity index (χ2n) is 3.92. The van der Waals surface area contributed by atoms with Crippen LogP contribution in [0.25, 0.3) is 5.82 Å². The average Bonchev–Trinajstić information content (AvgIpc) is 2.65. The molecule has 0 aliphatic carbocycles. The van der Waals surface area contributed by atoms with Gasteiger partial charge in [-0.1, -0.05) is 18.5 Å². The van der Waals surface area contributed by atoms with Gasteiger partial charge in [0.1, 0.15) is 5.02 Å². The summed E-state index contributed by atoms with van der Waals surface area (Å²) in [6, 6.07) is 0. The van der Waals surface area contributed by atoms with Crippen molar-refractivity contribution in [2.24, 2.45) is 5.84 Å². The number of halogens is 1. The summed E-state index contributed by atoms with van der Waals surface area (Å²) in [6.45, 7) is 6.06. The number of aryl methyl sites for hydroxylation is 1. The molecule has 6 nitrogen and oxygen atoms in total. The van der Waals surface area contributed by atoms with Crippen LogP contribution in [0, 0.1) is 13.8 Å². The SMILES string of the molecule is CCc1c(C)nn(-c2nc(NN)ncc2Cl)c1C. The van der Waals surface area contributed by atoms with Gasteiger partial charge in [0.15, 0.2) is 5.82 Å². The van der Waals surface area contributed by atoms with Crippen LogP contribution in [-0.4, -0.2) is 19.7 Å². The highest BCUT2D eigenvalue weighted by Gasteiger charge is 2.15. The number of hydrogen-bond acceptors (Lipinski definition) is 5. The Balaban J connectivity index is 2.61. The number of aromatic nitrogens is 4. The maximum absolute atomic E-state index is 6.11. The molecule has 0 unspecified atom stereocenters. The van der Waals surface area contributed by atoms with Crippen LogP contribution in [0.1, 0.15) is 23.9 Å². The van der Waals surface area contributed by atoms with Crippen LogP contribution in [0.3, 0.4) is 0 Å². The molecule has 2 aromatic heterocycles. The summed E-state index contributed by atoms with van der Waals surface area (Å²) in [5.41, 5.74) is 5.60. The van der Waals surface area contributed by atoms with E-state index in [-0.39, 0.29) is 0 Å². The molecule has 3 N–H and O–H groups in total. The van der Waals surface area contributed by atoms with E-state index in [2.05, 4.69) is 27.4 Å². The monoisotopic (exact) mass is 266 g/mol. The van der Waals surface area contributed by atoms with Crippen LogP contribution in [0.5, 0.6) is 0 Å². The minimum atomic E-state index is 0.306. The van der Waals surface area contributed by atoms with E-state index in [0.717, 1.165) is 17.8 Å². The van der Waals surface area contributed by atoms with E-state index < -0.39 is 0 Å². The molecule has 0 radical (unpaired) electrons. The molecule has 7 heteroatoms. The summed E-state index contributed by atoms with van der Waals surface area (Å²) in [6.07, 6.45) is 2.42. The first-order valence-corrected chi connectivity index (χ1v) is 6.00. The summed E-state index contributed by atoms with van der Waals surface area (Å²) in [7, 11) is 0. The standard InChI is InChI=1S/C11H15ClN6/c1-4-8-6(2)17-18(7(8)3)10-9(12)5-14-11(15-10)16-13/h5H,4,13H2,1-3H3,(H,14,15,16). The van der Waals surface area contributed by atoms with Gasteiger partial charge in [-0.05, 0) is 25.8 Å². The molecule has 18 heavy (non-hydrogen) atoms. The summed E-state index contributed by atoms with van der Waals surface area (Å²) in [5.74, 6) is 6.13. The van der Waals surface area contributed by atoms with Crippen LogP contribution in [0.15, 0.2) is 6.20 Å². The molecule has 0 amide bonds. The summed E-state index contributed by atoms with van der Waals surface area (Å²) in [5, 5.41) is 4.89. The number of hydrogen-bond donors (Lipinski definition) is 2. The lowest BCUT2D eigenvalue weighted by molar-refractivity contribution is 0.800. The third-order valence-corrected chi connectivity index (χ3v) is 3.12. The zero-order valence-electron chi connectivity index (χ0n) is 10.5. The molecule has 2 rings (SSSR count). The van der Waals surface area contributed by atoms with Gasteiger partial charge >= 0.3 is 0 Å². The number of nitrogens with one attached hydrogen (secondary N) is 1. The number of nitrogens with zero attached hydrogens (tertiary/aromatic N) is 4. The molecule has 0 aromatic carbocycles. The van der Waals surface area contributed by atoms with E-state index >= 15 is 0 Å². The Morgan fingerprint density at radius 3 is 2.72 bits per heavy atom. The predicted molar refractivity (Wildman–Crippen MR) is 70.8 cm³/mol. The van der Waals surface area contributed by atoms with Crippen LogP contribution in [0.4, 0.5) is 5.95 Å². The van der Waals surface area contributed by atoms with E-state index in [1.165, 1.54) is 11.8 Å². The Kier molecular flexibility index (Phi) is 3.49. The van der Waals surface area contributed by atoms with Crippen molar-refractivity contribution in [1.29, 1.82) is 0 Å². The Bertz CT molecular complexity index is 577. The fourth-order valence-electron chi connectivity index (χ4n) is 1.97. The third-order valence-electron chi connectivity index (χ3n) is 2.85. The van der Waals surface area contributed by atoms with Crippen molar-refractivity contribution >= 4 is 17.5 Å². The Labute approximate surface area is 110 Å². The van der Waals surface area contributed by atoms with E-state index in [9.17, 15) is 0 Å². The second-order valence-corrected chi connectivity index (χ2v) is 4.33. The summed E-state index contributed by atoms with van der Waals surface area (Å²) < 4.78 is 1.72. The number of hydrazine groups is 1. The van der Waals surface area contributed by atoms with Crippen LogP contribution >= 0.6 is 11.6 Å². The van der Waals surface area contributed by atoms with Gasteiger partial charge in [0.25, 0.3) is 0 Å². The minimum absolute atomic E-state index is 0.306. The average molecular weight is 267 g/mol. The van der Waals surface area contributed by atoms with Gasteiger partial charge in [0, 0.05) is 5.69 Å². The Morgan fingerprint density at radius 1 is 1.44 bits per heavy atom. The fraction of sp³-hybridized carbons (Fsp3) is 0.364. The van der Waals surface area contributed by atoms with Crippen LogP contribution < -0.4 is 11.3 Å². The smallest absolute Gasteiger partial charge is 0.239 e. The number of nitrogen functional groups attached to an aromatic ring is 1. The molecule has 2 heterocycles. The number of nitrogens with two attached hydrogens (primary N) is 1. The van der Waals surface area contributed by atoms with Gasteiger partial charge < -0.3 is 0 Å².